The Hall–Kier alpha value is -2.43. The fourth-order valence-electron chi connectivity index (χ4n) is 2.61. The van der Waals surface area contributed by atoms with Crippen LogP contribution in [0.1, 0.15) is 15.9 Å². The molecule has 0 bridgehead atoms. The predicted octanol–water partition coefficient (Wildman–Crippen LogP) is 1.92. The van der Waals surface area contributed by atoms with Crippen LogP contribution in [0.2, 0.25) is 0 Å². The molecule has 0 spiro atoms. The van der Waals surface area contributed by atoms with E-state index in [1.54, 1.807) is 12.4 Å². The molecule has 1 saturated heterocycles. The first-order valence-electron chi connectivity index (χ1n) is 7.10. The van der Waals surface area contributed by atoms with Gasteiger partial charge in [0.15, 0.2) is 0 Å². The molecule has 1 fully saturated rings. The quantitative estimate of drug-likeness (QED) is 0.805. The minimum absolute atomic E-state index is 0.759. The van der Waals surface area contributed by atoms with E-state index in [9.17, 15) is 4.79 Å². The van der Waals surface area contributed by atoms with Gasteiger partial charge in [0.25, 0.3) is 0 Å². The van der Waals surface area contributed by atoms with Crippen LogP contribution in [0.15, 0.2) is 36.7 Å². The van der Waals surface area contributed by atoms with Crippen LogP contribution < -0.4 is 9.80 Å². The Morgan fingerprint density at radius 3 is 2.33 bits per heavy atom. The highest BCUT2D eigenvalue weighted by molar-refractivity contribution is 5.78. The Labute approximate surface area is 124 Å². The van der Waals surface area contributed by atoms with Crippen molar-refractivity contribution in [2.45, 2.75) is 6.92 Å². The van der Waals surface area contributed by atoms with Gasteiger partial charge in [-0.3, -0.25) is 4.79 Å². The van der Waals surface area contributed by atoms with E-state index in [0.717, 1.165) is 49.5 Å². The number of hydrogen-bond acceptors (Lipinski definition) is 5. The van der Waals surface area contributed by atoms with E-state index in [1.807, 2.05) is 25.1 Å². The Bertz CT molecular complexity index is 621. The third-order valence-electron chi connectivity index (χ3n) is 3.86. The highest BCUT2D eigenvalue weighted by Gasteiger charge is 2.19. The van der Waals surface area contributed by atoms with Crippen molar-refractivity contribution in [3.05, 3.63) is 47.8 Å². The monoisotopic (exact) mass is 282 g/mol. The molecule has 21 heavy (non-hydrogen) atoms. The average Bonchev–Trinajstić information content (AvgIpc) is 2.56. The summed E-state index contributed by atoms with van der Waals surface area (Å²) in [6.45, 7) is 5.63. The van der Waals surface area contributed by atoms with E-state index in [-0.39, 0.29) is 0 Å². The van der Waals surface area contributed by atoms with Gasteiger partial charge in [0.2, 0.25) is 5.95 Å². The van der Waals surface area contributed by atoms with E-state index in [0.29, 0.717) is 0 Å². The molecule has 1 aliphatic heterocycles. The fourth-order valence-corrected chi connectivity index (χ4v) is 2.61. The van der Waals surface area contributed by atoms with Crippen molar-refractivity contribution in [2.24, 2.45) is 0 Å². The molecule has 1 aromatic carbocycles. The van der Waals surface area contributed by atoms with E-state index in [4.69, 9.17) is 0 Å². The first-order chi connectivity index (χ1) is 10.3. The molecule has 0 saturated carbocycles. The smallest absolute Gasteiger partial charge is 0.225 e. The zero-order valence-corrected chi connectivity index (χ0v) is 12.1. The summed E-state index contributed by atoms with van der Waals surface area (Å²) in [5.74, 6) is 0.796. The number of aryl methyl sites for hydroxylation is 1. The maximum atomic E-state index is 10.9. The molecule has 108 valence electrons. The van der Waals surface area contributed by atoms with Crippen molar-refractivity contribution in [3.8, 4) is 0 Å². The summed E-state index contributed by atoms with van der Waals surface area (Å²) in [5, 5.41) is 0. The van der Waals surface area contributed by atoms with E-state index in [1.165, 1.54) is 5.69 Å². The summed E-state index contributed by atoms with van der Waals surface area (Å²) in [6.07, 6.45) is 4.45. The van der Waals surface area contributed by atoms with E-state index >= 15 is 0 Å². The van der Waals surface area contributed by atoms with Gasteiger partial charge in [-0.1, -0.05) is 0 Å². The molecule has 2 heterocycles. The zero-order valence-electron chi connectivity index (χ0n) is 12.1. The third kappa shape index (κ3) is 2.86. The lowest BCUT2D eigenvalue weighted by molar-refractivity contribution is 0.112. The summed E-state index contributed by atoms with van der Waals surface area (Å²) in [5.41, 5.74) is 2.96. The molecule has 0 N–H and O–H groups in total. The standard InChI is InChI=1S/C16H18N4O/c1-13-11-15(4-3-14(13)12-21)19-7-9-20(10-8-19)16-17-5-2-6-18-16/h2-6,11-12H,7-10H2,1H3. The van der Waals surface area contributed by atoms with Crippen LogP contribution in [-0.2, 0) is 0 Å². The first kappa shape index (κ1) is 13.5. The molecule has 0 amide bonds. The van der Waals surface area contributed by atoms with Gasteiger partial charge in [-0.2, -0.15) is 0 Å². The number of aromatic nitrogens is 2. The van der Waals surface area contributed by atoms with Gasteiger partial charge in [0, 0.05) is 49.8 Å². The summed E-state index contributed by atoms with van der Waals surface area (Å²) in [6, 6.07) is 7.82. The zero-order chi connectivity index (χ0) is 14.7. The number of nitrogens with zero attached hydrogens (tertiary/aromatic N) is 4. The van der Waals surface area contributed by atoms with Crippen molar-refractivity contribution < 1.29 is 4.79 Å². The van der Waals surface area contributed by atoms with Crippen LogP contribution >= 0.6 is 0 Å². The predicted molar refractivity (Wildman–Crippen MR) is 83.0 cm³/mol. The highest BCUT2D eigenvalue weighted by Crippen LogP contribution is 2.21. The SMILES string of the molecule is Cc1cc(N2CCN(c3ncccn3)CC2)ccc1C=O. The van der Waals surface area contributed by atoms with Gasteiger partial charge in [-0.15, -0.1) is 0 Å². The van der Waals surface area contributed by atoms with Crippen LogP contribution in [0.5, 0.6) is 0 Å². The first-order valence-corrected chi connectivity index (χ1v) is 7.10. The molecule has 0 aliphatic carbocycles. The third-order valence-corrected chi connectivity index (χ3v) is 3.86. The van der Waals surface area contributed by atoms with Gasteiger partial charge in [-0.25, -0.2) is 9.97 Å². The molecule has 2 aromatic rings. The number of aldehydes is 1. The molecule has 5 heteroatoms. The largest absolute Gasteiger partial charge is 0.368 e. The second-order valence-electron chi connectivity index (χ2n) is 5.18. The van der Waals surface area contributed by atoms with Crippen LogP contribution in [-0.4, -0.2) is 42.4 Å². The van der Waals surface area contributed by atoms with E-state index in [2.05, 4.69) is 25.8 Å². The van der Waals surface area contributed by atoms with Crippen LogP contribution in [0.25, 0.3) is 0 Å². The molecule has 1 aliphatic rings. The number of carbonyl (C=O) groups is 1. The fraction of sp³-hybridized carbons (Fsp3) is 0.312. The maximum Gasteiger partial charge on any atom is 0.225 e. The van der Waals surface area contributed by atoms with Gasteiger partial charge < -0.3 is 9.80 Å². The Balaban J connectivity index is 1.68. The van der Waals surface area contributed by atoms with Crippen LogP contribution in [0.3, 0.4) is 0 Å². The number of anilines is 2. The number of hydrogen-bond donors (Lipinski definition) is 0. The Kier molecular flexibility index (Phi) is 3.81. The molecule has 3 rings (SSSR count). The summed E-state index contributed by atoms with van der Waals surface area (Å²) in [7, 11) is 0. The number of piperazine rings is 1. The van der Waals surface area contributed by atoms with E-state index < -0.39 is 0 Å². The lowest BCUT2D eigenvalue weighted by Crippen LogP contribution is -2.47. The molecule has 1 aromatic heterocycles. The number of benzene rings is 1. The maximum absolute atomic E-state index is 10.9. The topological polar surface area (TPSA) is 49.3 Å². The summed E-state index contributed by atoms with van der Waals surface area (Å²) >= 11 is 0. The molecular weight excluding hydrogens is 264 g/mol. The van der Waals surface area contributed by atoms with Crippen molar-refractivity contribution in [2.75, 3.05) is 36.0 Å². The normalized spacial score (nSPS) is 15.1. The molecule has 0 unspecified atom stereocenters. The van der Waals surface area contributed by atoms with Gasteiger partial charge in [-0.05, 0) is 36.8 Å². The molecule has 0 radical (unpaired) electrons. The van der Waals surface area contributed by atoms with Gasteiger partial charge in [0.05, 0.1) is 0 Å². The second-order valence-corrected chi connectivity index (χ2v) is 5.18. The molecule has 0 atom stereocenters. The minimum Gasteiger partial charge on any atom is -0.368 e. The Morgan fingerprint density at radius 2 is 1.71 bits per heavy atom. The van der Waals surface area contributed by atoms with Crippen LogP contribution in [0, 0.1) is 6.92 Å². The molecular formula is C16H18N4O. The minimum atomic E-state index is 0.759. The second kappa shape index (κ2) is 5.91. The Morgan fingerprint density at radius 1 is 1.05 bits per heavy atom. The lowest BCUT2D eigenvalue weighted by atomic mass is 10.1. The summed E-state index contributed by atoms with van der Waals surface area (Å²) < 4.78 is 0. The van der Waals surface area contributed by atoms with Crippen molar-refractivity contribution in [1.82, 2.24) is 9.97 Å². The van der Waals surface area contributed by atoms with Crippen LogP contribution in [0.4, 0.5) is 11.6 Å². The lowest BCUT2D eigenvalue weighted by Gasteiger charge is -2.36. The van der Waals surface area contributed by atoms with Gasteiger partial charge in [0.1, 0.15) is 6.29 Å². The number of carbonyl (C=O) groups excluding carboxylic acids is 1. The average molecular weight is 282 g/mol. The molecule has 5 nitrogen and oxygen atoms in total. The van der Waals surface area contributed by atoms with Gasteiger partial charge >= 0.3 is 0 Å². The van der Waals surface area contributed by atoms with Crippen molar-refractivity contribution >= 4 is 17.9 Å². The highest BCUT2D eigenvalue weighted by atomic mass is 16.1. The van der Waals surface area contributed by atoms with Crippen molar-refractivity contribution in [3.63, 3.8) is 0 Å². The number of rotatable bonds is 3. The summed E-state index contributed by atoms with van der Waals surface area (Å²) in [4.78, 5) is 24.0. The van der Waals surface area contributed by atoms with Crippen molar-refractivity contribution in [1.29, 1.82) is 0 Å².